The molecule has 0 heterocycles. The molecule has 2 aliphatic carbocycles. The Bertz CT molecular complexity index is 329. The van der Waals surface area contributed by atoms with Crippen LogP contribution in [-0.4, -0.2) is 23.7 Å². The first kappa shape index (κ1) is 15.2. The molecule has 2 nitrogen and oxygen atoms in total. The first-order chi connectivity index (χ1) is 8.96. The number of rotatable bonds is 4. The van der Waals surface area contributed by atoms with Crippen molar-refractivity contribution in [2.24, 2.45) is 11.3 Å². The van der Waals surface area contributed by atoms with Crippen LogP contribution in [0, 0.1) is 11.3 Å². The number of carbonyl (C=O) groups excluding carboxylic acids is 1. The summed E-state index contributed by atoms with van der Waals surface area (Å²) < 4.78 is 26.6. The minimum Gasteiger partial charge on any atom is -0.355 e. The molecule has 110 valence electrons. The standard InChI is InChI=1S/C14H22BrF2NO/c15-9-13(5-1-2-6-13)10-18-12(19)11-4-3-7-14(16,17)8-11/h11H,1-10H2,(H,18,19). The Balaban J connectivity index is 1.84. The molecule has 0 spiro atoms. The zero-order chi connectivity index (χ0) is 13.9. The predicted molar refractivity (Wildman–Crippen MR) is 74.6 cm³/mol. The van der Waals surface area contributed by atoms with Crippen molar-refractivity contribution in [1.82, 2.24) is 5.32 Å². The third kappa shape index (κ3) is 3.89. The second kappa shape index (κ2) is 6.06. The lowest BCUT2D eigenvalue weighted by atomic mass is 9.85. The van der Waals surface area contributed by atoms with Gasteiger partial charge in [-0.3, -0.25) is 4.79 Å². The molecule has 1 N–H and O–H groups in total. The summed E-state index contributed by atoms with van der Waals surface area (Å²) in [7, 11) is 0. The minimum absolute atomic E-state index is 0.0673. The van der Waals surface area contributed by atoms with E-state index in [9.17, 15) is 13.6 Å². The van der Waals surface area contributed by atoms with Crippen molar-refractivity contribution in [3.8, 4) is 0 Å². The van der Waals surface area contributed by atoms with Gasteiger partial charge in [0.2, 0.25) is 11.8 Å². The van der Waals surface area contributed by atoms with E-state index in [2.05, 4.69) is 21.2 Å². The average Bonchev–Trinajstić information content (AvgIpc) is 2.84. The Hall–Kier alpha value is -0.190. The van der Waals surface area contributed by atoms with Gasteiger partial charge in [-0.15, -0.1) is 0 Å². The van der Waals surface area contributed by atoms with Crippen LogP contribution < -0.4 is 5.32 Å². The minimum atomic E-state index is -2.65. The molecule has 1 atom stereocenters. The van der Waals surface area contributed by atoms with E-state index < -0.39 is 11.8 Å². The van der Waals surface area contributed by atoms with Crippen molar-refractivity contribution >= 4 is 21.8 Å². The largest absolute Gasteiger partial charge is 0.355 e. The van der Waals surface area contributed by atoms with Gasteiger partial charge in [0.15, 0.2) is 0 Å². The second-order valence-electron chi connectivity index (χ2n) is 6.21. The number of hydrogen-bond donors (Lipinski definition) is 1. The summed E-state index contributed by atoms with van der Waals surface area (Å²) in [5.41, 5.74) is 0.146. The van der Waals surface area contributed by atoms with Crippen molar-refractivity contribution in [1.29, 1.82) is 0 Å². The number of alkyl halides is 3. The van der Waals surface area contributed by atoms with Crippen LogP contribution in [-0.2, 0) is 4.79 Å². The highest BCUT2D eigenvalue weighted by atomic mass is 79.9. The number of nitrogens with one attached hydrogen (secondary N) is 1. The normalized spacial score (nSPS) is 29.1. The zero-order valence-corrected chi connectivity index (χ0v) is 12.8. The van der Waals surface area contributed by atoms with Crippen LogP contribution in [0.1, 0.15) is 51.4 Å². The van der Waals surface area contributed by atoms with Gasteiger partial charge in [-0.25, -0.2) is 8.78 Å². The monoisotopic (exact) mass is 337 g/mol. The van der Waals surface area contributed by atoms with E-state index in [4.69, 9.17) is 0 Å². The Morgan fingerprint density at radius 2 is 1.89 bits per heavy atom. The summed E-state index contributed by atoms with van der Waals surface area (Å²) in [6.45, 7) is 0.624. The molecule has 5 heteroatoms. The first-order valence-corrected chi connectivity index (χ1v) is 8.30. The molecule has 1 unspecified atom stereocenters. The van der Waals surface area contributed by atoms with Crippen LogP contribution in [0.5, 0.6) is 0 Å². The summed E-state index contributed by atoms with van der Waals surface area (Å²) in [5.74, 6) is -3.33. The number of hydrogen-bond acceptors (Lipinski definition) is 1. The van der Waals surface area contributed by atoms with Gasteiger partial charge < -0.3 is 5.32 Å². The number of carbonyl (C=O) groups is 1. The highest BCUT2D eigenvalue weighted by Gasteiger charge is 2.40. The quantitative estimate of drug-likeness (QED) is 0.775. The number of amides is 1. The Morgan fingerprint density at radius 1 is 1.21 bits per heavy atom. The molecule has 0 aromatic rings. The van der Waals surface area contributed by atoms with Gasteiger partial charge in [0.25, 0.3) is 0 Å². The van der Waals surface area contributed by atoms with Crippen LogP contribution in [0.3, 0.4) is 0 Å². The molecule has 0 aliphatic heterocycles. The summed E-state index contributed by atoms with van der Waals surface area (Å²) >= 11 is 3.53. The van der Waals surface area contributed by atoms with E-state index in [1.807, 2.05) is 0 Å². The van der Waals surface area contributed by atoms with Crippen LogP contribution in [0.15, 0.2) is 0 Å². The van der Waals surface area contributed by atoms with Crippen LogP contribution >= 0.6 is 15.9 Å². The Morgan fingerprint density at radius 3 is 2.47 bits per heavy atom. The molecule has 0 saturated heterocycles. The topological polar surface area (TPSA) is 29.1 Å². The molecule has 2 aliphatic rings. The lowest BCUT2D eigenvalue weighted by Gasteiger charge is -2.31. The summed E-state index contributed by atoms with van der Waals surface area (Å²) in [6, 6.07) is 0. The van der Waals surface area contributed by atoms with E-state index in [1.54, 1.807) is 0 Å². The molecule has 0 aromatic carbocycles. The maximum Gasteiger partial charge on any atom is 0.248 e. The van der Waals surface area contributed by atoms with Gasteiger partial charge in [0.05, 0.1) is 0 Å². The van der Waals surface area contributed by atoms with E-state index in [1.165, 1.54) is 12.8 Å². The van der Waals surface area contributed by atoms with E-state index in [0.29, 0.717) is 19.4 Å². The molecular weight excluding hydrogens is 316 g/mol. The van der Waals surface area contributed by atoms with Crippen molar-refractivity contribution in [3.05, 3.63) is 0 Å². The zero-order valence-electron chi connectivity index (χ0n) is 11.2. The van der Waals surface area contributed by atoms with Gasteiger partial charge in [-0.05, 0) is 31.1 Å². The fourth-order valence-electron chi connectivity index (χ4n) is 3.30. The molecule has 0 radical (unpaired) electrons. The first-order valence-electron chi connectivity index (χ1n) is 7.18. The molecule has 0 aromatic heterocycles. The molecule has 0 bridgehead atoms. The van der Waals surface area contributed by atoms with Gasteiger partial charge in [0, 0.05) is 30.6 Å². The van der Waals surface area contributed by atoms with Crippen LogP contribution in [0.25, 0.3) is 0 Å². The lowest BCUT2D eigenvalue weighted by molar-refractivity contribution is -0.132. The van der Waals surface area contributed by atoms with Crippen molar-refractivity contribution < 1.29 is 13.6 Å². The maximum atomic E-state index is 13.3. The summed E-state index contributed by atoms with van der Waals surface area (Å²) in [6.07, 6.45) is 5.32. The third-order valence-corrected chi connectivity index (χ3v) is 5.79. The lowest BCUT2D eigenvalue weighted by Crippen LogP contribution is -2.42. The van der Waals surface area contributed by atoms with Crippen molar-refractivity contribution in [2.45, 2.75) is 57.3 Å². The summed E-state index contributed by atoms with van der Waals surface area (Å²) in [4.78, 5) is 12.0. The summed E-state index contributed by atoms with van der Waals surface area (Å²) in [5, 5.41) is 3.80. The second-order valence-corrected chi connectivity index (χ2v) is 6.77. The average molecular weight is 338 g/mol. The fourth-order valence-corrected chi connectivity index (χ4v) is 4.06. The van der Waals surface area contributed by atoms with Gasteiger partial charge >= 0.3 is 0 Å². The molecule has 2 rings (SSSR count). The molecular formula is C14H22BrF2NO. The number of halogens is 3. The highest BCUT2D eigenvalue weighted by Crippen LogP contribution is 2.40. The highest BCUT2D eigenvalue weighted by molar-refractivity contribution is 9.09. The van der Waals surface area contributed by atoms with Crippen molar-refractivity contribution in [3.63, 3.8) is 0 Å². The van der Waals surface area contributed by atoms with Crippen molar-refractivity contribution in [2.75, 3.05) is 11.9 Å². The molecule has 19 heavy (non-hydrogen) atoms. The van der Waals surface area contributed by atoms with Crippen LogP contribution in [0.4, 0.5) is 8.78 Å². The molecule has 2 fully saturated rings. The molecule has 1 amide bonds. The van der Waals surface area contributed by atoms with E-state index in [0.717, 1.165) is 18.2 Å². The van der Waals surface area contributed by atoms with E-state index >= 15 is 0 Å². The smallest absolute Gasteiger partial charge is 0.248 e. The van der Waals surface area contributed by atoms with Crippen LogP contribution in [0.2, 0.25) is 0 Å². The van der Waals surface area contributed by atoms with Gasteiger partial charge in [-0.1, -0.05) is 28.8 Å². The predicted octanol–water partition coefficient (Wildman–Crippen LogP) is 3.88. The van der Waals surface area contributed by atoms with E-state index in [-0.39, 0.29) is 24.2 Å². The van der Waals surface area contributed by atoms with Gasteiger partial charge in [0.1, 0.15) is 0 Å². The Kier molecular flexibility index (Phi) is 4.85. The fraction of sp³-hybridized carbons (Fsp3) is 0.929. The molecule has 2 saturated carbocycles. The maximum absolute atomic E-state index is 13.3. The third-order valence-electron chi connectivity index (χ3n) is 4.60. The van der Waals surface area contributed by atoms with Gasteiger partial charge in [-0.2, -0.15) is 0 Å². The Labute approximate surface area is 121 Å². The SMILES string of the molecule is O=C(NCC1(CBr)CCCC1)C1CCCC(F)(F)C1.